The number of alkyl halides is 1. The molecule has 1 atom stereocenters. The highest BCUT2D eigenvalue weighted by atomic mass is 19.1. The Labute approximate surface area is 130 Å². The van der Waals surface area contributed by atoms with E-state index in [9.17, 15) is 9.18 Å². The summed E-state index contributed by atoms with van der Waals surface area (Å²) in [5.41, 5.74) is 0.0116. The van der Waals surface area contributed by atoms with Crippen LogP contribution in [0.1, 0.15) is 37.7 Å². The van der Waals surface area contributed by atoms with Crippen molar-refractivity contribution in [2.24, 2.45) is 0 Å². The number of benzene rings is 1. The number of fused-ring (bicyclic) bond motifs is 1. The Morgan fingerprint density at radius 2 is 2.14 bits per heavy atom. The maximum Gasteiger partial charge on any atom is 0.270 e. The Hall–Kier alpha value is -2.04. The number of H-pyrrole nitrogens is 1. The number of nitrogens with zero attached hydrogens (tertiary/aromatic N) is 1. The molecule has 0 radical (unpaired) electrons. The van der Waals surface area contributed by atoms with Crippen molar-refractivity contribution in [3.63, 3.8) is 0 Å². The third kappa shape index (κ3) is 3.40. The Morgan fingerprint density at radius 3 is 2.73 bits per heavy atom. The van der Waals surface area contributed by atoms with Crippen molar-refractivity contribution in [3.05, 3.63) is 30.0 Å². The summed E-state index contributed by atoms with van der Waals surface area (Å²) in [7, 11) is 3.29. The molecular formula is C17H23FN2O2. The first-order valence-corrected chi connectivity index (χ1v) is 7.35. The van der Waals surface area contributed by atoms with Gasteiger partial charge in [0, 0.05) is 30.4 Å². The lowest BCUT2D eigenvalue weighted by Gasteiger charge is -2.28. The quantitative estimate of drug-likeness (QED) is 0.914. The third-order valence-corrected chi connectivity index (χ3v) is 3.84. The van der Waals surface area contributed by atoms with Gasteiger partial charge in [0.25, 0.3) is 5.91 Å². The van der Waals surface area contributed by atoms with E-state index >= 15 is 0 Å². The molecule has 2 aromatic rings. The molecule has 0 aliphatic rings. The van der Waals surface area contributed by atoms with Crippen molar-refractivity contribution in [2.45, 2.75) is 38.9 Å². The predicted octanol–water partition coefficient (Wildman–Crippen LogP) is 3.78. The second kappa shape index (κ2) is 5.99. The highest BCUT2D eigenvalue weighted by molar-refractivity contribution is 5.99. The summed E-state index contributed by atoms with van der Waals surface area (Å²) in [5, 5.41) is 0.861. The number of rotatable bonds is 5. The largest absolute Gasteiger partial charge is 0.496 e. The Bertz CT molecular complexity index is 673. The predicted molar refractivity (Wildman–Crippen MR) is 86.2 cm³/mol. The third-order valence-electron chi connectivity index (χ3n) is 3.84. The average molecular weight is 306 g/mol. The topological polar surface area (TPSA) is 45.3 Å². The number of hydrogen-bond acceptors (Lipinski definition) is 2. The molecule has 0 saturated heterocycles. The molecule has 0 bridgehead atoms. The maximum atomic E-state index is 13.8. The van der Waals surface area contributed by atoms with E-state index in [1.165, 1.54) is 13.8 Å². The summed E-state index contributed by atoms with van der Waals surface area (Å²) in [6.07, 6.45) is 0.290. The van der Waals surface area contributed by atoms with Crippen LogP contribution in [0.2, 0.25) is 0 Å². The molecular weight excluding hydrogens is 283 g/mol. The molecule has 1 unspecified atom stereocenters. The van der Waals surface area contributed by atoms with Crippen LogP contribution in [0.15, 0.2) is 24.3 Å². The lowest BCUT2D eigenvalue weighted by Crippen LogP contribution is -2.38. The van der Waals surface area contributed by atoms with E-state index in [-0.39, 0.29) is 11.9 Å². The van der Waals surface area contributed by atoms with Gasteiger partial charge in [-0.25, -0.2) is 4.39 Å². The zero-order valence-corrected chi connectivity index (χ0v) is 13.7. The van der Waals surface area contributed by atoms with Gasteiger partial charge in [-0.15, -0.1) is 0 Å². The molecule has 4 nitrogen and oxygen atoms in total. The number of hydrogen-bond donors (Lipinski definition) is 1. The summed E-state index contributed by atoms with van der Waals surface area (Å²) in [6, 6.07) is 7.19. The molecule has 0 fully saturated rings. The first kappa shape index (κ1) is 16.3. The molecule has 0 aliphatic carbocycles. The van der Waals surface area contributed by atoms with Crippen molar-refractivity contribution in [3.8, 4) is 5.75 Å². The summed E-state index contributed by atoms with van der Waals surface area (Å²) in [6.45, 7) is 4.90. The standard InChI is InChI=1S/C17H23FN2O2/c1-11(10-17(2,3)18)20(4)16(21)14-9-12-13(19-14)7-6-8-15(12)22-5/h6-9,11,19H,10H2,1-5H3. The van der Waals surface area contributed by atoms with Crippen LogP contribution < -0.4 is 4.74 Å². The SMILES string of the molecule is COc1cccc2[nH]c(C(=O)N(C)C(C)CC(C)(C)F)cc12. The van der Waals surface area contributed by atoms with Crippen LogP contribution in [-0.4, -0.2) is 41.7 Å². The lowest BCUT2D eigenvalue weighted by atomic mass is 10.0. The van der Waals surface area contributed by atoms with Crippen LogP contribution in [0.3, 0.4) is 0 Å². The normalized spacial score (nSPS) is 13.2. The van der Waals surface area contributed by atoms with Crippen LogP contribution in [0, 0.1) is 0 Å². The zero-order chi connectivity index (χ0) is 16.5. The second-order valence-corrected chi connectivity index (χ2v) is 6.29. The number of halogens is 1. The molecule has 22 heavy (non-hydrogen) atoms. The van der Waals surface area contributed by atoms with E-state index in [1.807, 2.05) is 25.1 Å². The van der Waals surface area contributed by atoms with Crippen molar-refractivity contribution in [1.29, 1.82) is 0 Å². The molecule has 2 rings (SSSR count). The number of ether oxygens (including phenoxy) is 1. The van der Waals surface area contributed by atoms with Crippen molar-refractivity contribution >= 4 is 16.8 Å². The van der Waals surface area contributed by atoms with Crippen LogP contribution in [0.4, 0.5) is 4.39 Å². The zero-order valence-electron chi connectivity index (χ0n) is 13.7. The van der Waals surface area contributed by atoms with Gasteiger partial charge in [0.1, 0.15) is 17.1 Å². The number of carbonyl (C=O) groups is 1. The minimum Gasteiger partial charge on any atom is -0.496 e. The van der Waals surface area contributed by atoms with Gasteiger partial charge in [0.2, 0.25) is 0 Å². The molecule has 5 heteroatoms. The number of amides is 1. The molecule has 0 saturated carbocycles. The summed E-state index contributed by atoms with van der Waals surface area (Å²) >= 11 is 0. The average Bonchev–Trinajstić information content (AvgIpc) is 2.87. The van der Waals surface area contributed by atoms with Gasteiger partial charge in [-0.05, 0) is 39.0 Å². The number of aromatic nitrogens is 1. The summed E-state index contributed by atoms with van der Waals surface area (Å²) in [5.74, 6) is 0.559. The number of aromatic amines is 1. The summed E-state index contributed by atoms with van der Waals surface area (Å²) in [4.78, 5) is 17.2. The highest BCUT2D eigenvalue weighted by Gasteiger charge is 2.26. The fourth-order valence-electron chi connectivity index (χ4n) is 2.65. The Morgan fingerprint density at radius 1 is 1.45 bits per heavy atom. The van der Waals surface area contributed by atoms with Crippen molar-refractivity contribution in [1.82, 2.24) is 9.88 Å². The fourth-order valence-corrected chi connectivity index (χ4v) is 2.65. The van der Waals surface area contributed by atoms with Gasteiger partial charge in [0.05, 0.1) is 7.11 Å². The van der Waals surface area contributed by atoms with Crippen molar-refractivity contribution < 1.29 is 13.9 Å². The molecule has 0 spiro atoms. The van der Waals surface area contributed by atoms with Gasteiger partial charge in [-0.1, -0.05) is 6.07 Å². The lowest BCUT2D eigenvalue weighted by molar-refractivity contribution is 0.0672. The van der Waals surface area contributed by atoms with E-state index in [2.05, 4.69) is 4.98 Å². The van der Waals surface area contributed by atoms with E-state index in [1.54, 1.807) is 25.1 Å². The second-order valence-electron chi connectivity index (χ2n) is 6.29. The number of methoxy groups -OCH3 is 1. The van der Waals surface area contributed by atoms with Gasteiger partial charge < -0.3 is 14.6 Å². The van der Waals surface area contributed by atoms with Crippen LogP contribution in [0.25, 0.3) is 10.9 Å². The van der Waals surface area contributed by atoms with E-state index in [0.29, 0.717) is 17.9 Å². The molecule has 1 heterocycles. The maximum absolute atomic E-state index is 13.8. The molecule has 120 valence electrons. The molecule has 1 N–H and O–H groups in total. The first-order valence-electron chi connectivity index (χ1n) is 7.35. The van der Waals surface area contributed by atoms with Gasteiger partial charge in [-0.3, -0.25) is 4.79 Å². The minimum atomic E-state index is -1.31. The van der Waals surface area contributed by atoms with E-state index in [4.69, 9.17) is 4.74 Å². The van der Waals surface area contributed by atoms with Gasteiger partial charge in [0.15, 0.2) is 0 Å². The highest BCUT2D eigenvalue weighted by Crippen LogP contribution is 2.27. The smallest absolute Gasteiger partial charge is 0.270 e. The monoisotopic (exact) mass is 306 g/mol. The van der Waals surface area contributed by atoms with Crippen LogP contribution >= 0.6 is 0 Å². The first-order chi connectivity index (χ1) is 10.2. The van der Waals surface area contributed by atoms with Gasteiger partial charge >= 0.3 is 0 Å². The van der Waals surface area contributed by atoms with E-state index < -0.39 is 5.67 Å². The molecule has 1 aromatic carbocycles. The number of nitrogens with one attached hydrogen (secondary N) is 1. The fraction of sp³-hybridized carbons (Fsp3) is 0.471. The molecule has 1 amide bonds. The van der Waals surface area contributed by atoms with Crippen molar-refractivity contribution in [2.75, 3.05) is 14.2 Å². The molecule has 0 aliphatic heterocycles. The Kier molecular flexibility index (Phi) is 4.44. The minimum absolute atomic E-state index is 0.157. The molecule has 1 aromatic heterocycles. The Balaban J connectivity index is 2.26. The van der Waals surface area contributed by atoms with Crippen LogP contribution in [-0.2, 0) is 0 Å². The number of carbonyl (C=O) groups excluding carboxylic acids is 1. The van der Waals surface area contributed by atoms with Crippen LogP contribution in [0.5, 0.6) is 5.75 Å². The van der Waals surface area contributed by atoms with Gasteiger partial charge in [-0.2, -0.15) is 0 Å². The summed E-state index contributed by atoms with van der Waals surface area (Å²) < 4.78 is 19.1. The van der Waals surface area contributed by atoms with E-state index in [0.717, 1.165) is 10.9 Å².